The Hall–Kier alpha value is -2.64. The number of amides is 1. The maximum atomic E-state index is 12.7. The number of ether oxygens (including phenoxy) is 1. The number of benzene rings is 2. The van der Waals surface area contributed by atoms with Crippen molar-refractivity contribution in [3.63, 3.8) is 0 Å². The van der Waals surface area contributed by atoms with E-state index in [0.29, 0.717) is 19.4 Å². The largest absolute Gasteiger partial charge is 0.481 e. The van der Waals surface area contributed by atoms with Crippen molar-refractivity contribution in [2.24, 2.45) is 0 Å². The zero-order valence-corrected chi connectivity index (χ0v) is 23.7. The summed E-state index contributed by atoms with van der Waals surface area (Å²) in [7, 11) is -2.75. The highest BCUT2D eigenvalue weighted by Gasteiger charge is 2.50. The fraction of sp³-hybridized carbons (Fsp3) is 0.517. The van der Waals surface area contributed by atoms with E-state index >= 15 is 0 Å². The summed E-state index contributed by atoms with van der Waals surface area (Å²) in [5.41, 5.74) is -0.602. The van der Waals surface area contributed by atoms with Crippen LogP contribution in [0.4, 0.5) is 4.79 Å². The van der Waals surface area contributed by atoms with Gasteiger partial charge in [-0.2, -0.15) is 0 Å². The molecule has 2 rings (SSSR count). The molecule has 2 aromatic rings. The van der Waals surface area contributed by atoms with Crippen LogP contribution in [-0.4, -0.2) is 43.7 Å². The van der Waals surface area contributed by atoms with E-state index in [9.17, 15) is 9.59 Å². The van der Waals surface area contributed by atoms with E-state index in [1.807, 2.05) is 57.2 Å². The normalized spacial score (nSPS) is 13.2. The van der Waals surface area contributed by atoms with Gasteiger partial charge in [-0.1, -0.05) is 94.3 Å². The second-order valence-electron chi connectivity index (χ2n) is 11.3. The molecule has 0 aromatic heterocycles. The smallest absolute Gasteiger partial charge is 0.407 e. The average molecular weight is 514 g/mol. The molecule has 0 spiro atoms. The lowest BCUT2D eigenvalue weighted by molar-refractivity contribution is -0.137. The van der Waals surface area contributed by atoms with E-state index in [2.05, 4.69) is 50.4 Å². The van der Waals surface area contributed by atoms with Gasteiger partial charge in [-0.05, 0) is 49.0 Å². The topological polar surface area (TPSA) is 84.9 Å². The number of aliphatic carboxylic acids is 1. The van der Waals surface area contributed by atoms with Crippen molar-refractivity contribution in [3.8, 4) is 0 Å². The zero-order chi connectivity index (χ0) is 26.8. The van der Waals surface area contributed by atoms with Gasteiger partial charge in [-0.15, -0.1) is 0 Å². The molecular formula is C29H43NO5Si. The molecule has 0 saturated heterocycles. The van der Waals surface area contributed by atoms with Gasteiger partial charge < -0.3 is 19.6 Å². The predicted molar refractivity (Wildman–Crippen MR) is 147 cm³/mol. The maximum Gasteiger partial charge on any atom is 0.407 e. The van der Waals surface area contributed by atoms with Gasteiger partial charge in [0.25, 0.3) is 8.32 Å². The molecule has 0 heterocycles. The molecule has 0 aliphatic carbocycles. The highest BCUT2D eigenvalue weighted by Crippen LogP contribution is 2.37. The van der Waals surface area contributed by atoms with Gasteiger partial charge in [0.2, 0.25) is 0 Å². The van der Waals surface area contributed by atoms with E-state index in [-0.39, 0.29) is 17.5 Å². The first-order chi connectivity index (χ1) is 16.8. The predicted octanol–water partition coefficient (Wildman–Crippen LogP) is 5.49. The highest BCUT2D eigenvalue weighted by atomic mass is 28.4. The molecule has 0 radical (unpaired) electrons. The van der Waals surface area contributed by atoms with Crippen molar-refractivity contribution < 1.29 is 23.9 Å². The number of hydrogen-bond acceptors (Lipinski definition) is 4. The third kappa shape index (κ3) is 8.78. The van der Waals surface area contributed by atoms with Crippen molar-refractivity contribution in [1.29, 1.82) is 0 Å². The number of unbranched alkanes of at least 4 members (excludes halogenated alkanes) is 2. The number of alkyl carbamates (subject to hydrolysis) is 1. The molecule has 0 saturated carbocycles. The Kier molecular flexibility index (Phi) is 10.7. The Labute approximate surface area is 217 Å². The Morgan fingerprint density at radius 1 is 0.861 bits per heavy atom. The molecule has 0 aliphatic rings. The number of hydrogen-bond donors (Lipinski definition) is 2. The van der Waals surface area contributed by atoms with Crippen molar-refractivity contribution in [1.82, 2.24) is 5.32 Å². The number of carbonyl (C=O) groups excluding carboxylic acids is 1. The van der Waals surface area contributed by atoms with Crippen LogP contribution in [0, 0.1) is 0 Å². The Morgan fingerprint density at radius 2 is 1.39 bits per heavy atom. The molecule has 7 heteroatoms. The summed E-state index contributed by atoms with van der Waals surface area (Å²) in [4.78, 5) is 23.5. The third-order valence-electron chi connectivity index (χ3n) is 6.08. The zero-order valence-electron chi connectivity index (χ0n) is 22.7. The van der Waals surface area contributed by atoms with Crippen LogP contribution in [0.5, 0.6) is 0 Å². The molecule has 1 atom stereocenters. The van der Waals surface area contributed by atoms with Gasteiger partial charge in [0.1, 0.15) is 5.60 Å². The first kappa shape index (κ1) is 29.6. The van der Waals surface area contributed by atoms with Crippen LogP contribution in [-0.2, 0) is 14.0 Å². The van der Waals surface area contributed by atoms with Crippen molar-refractivity contribution >= 4 is 30.8 Å². The van der Waals surface area contributed by atoms with Gasteiger partial charge in [0, 0.05) is 6.42 Å². The van der Waals surface area contributed by atoms with E-state index in [1.54, 1.807) is 0 Å². The van der Waals surface area contributed by atoms with Crippen LogP contribution in [0.25, 0.3) is 0 Å². The van der Waals surface area contributed by atoms with E-state index in [4.69, 9.17) is 14.3 Å². The van der Waals surface area contributed by atoms with Crippen molar-refractivity contribution in [2.45, 2.75) is 90.3 Å². The van der Waals surface area contributed by atoms with Gasteiger partial charge in [0.15, 0.2) is 0 Å². The van der Waals surface area contributed by atoms with E-state index < -0.39 is 26.0 Å². The summed E-state index contributed by atoms with van der Waals surface area (Å²) in [6.07, 6.45) is 2.55. The summed E-state index contributed by atoms with van der Waals surface area (Å²) in [6.45, 7) is 12.5. The molecule has 198 valence electrons. The van der Waals surface area contributed by atoms with Gasteiger partial charge in [-0.25, -0.2) is 4.79 Å². The molecule has 1 amide bonds. The summed E-state index contributed by atoms with van der Waals surface area (Å²) in [6, 6.07) is 20.6. The van der Waals surface area contributed by atoms with Gasteiger partial charge >= 0.3 is 12.1 Å². The minimum Gasteiger partial charge on any atom is -0.481 e. The molecule has 0 aliphatic heterocycles. The average Bonchev–Trinajstić information content (AvgIpc) is 2.78. The lowest BCUT2D eigenvalue weighted by Crippen LogP contribution is -2.67. The second-order valence-corrected chi connectivity index (χ2v) is 15.6. The maximum absolute atomic E-state index is 12.7. The minimum absolute atomic E-state index is 0.155. The van der Waals surface area contributed by atoms with Crippen LogP contribution in [0.1, 0.15) is 73.6 Å². The lowest BCUT2D eigenvalue weighted by Gasteiger charge is -2.43. The molecule has 0 unspecified atom stereocenters. The molecular weight excluding hydrogens is 470 g/mol. The lowest BCUT2D eigenvalue weighted by atomic mass is 10.1. The van der Waals surface area contributed by atoms with Crippen LogP contribution < -0.4 is 15.7 Å². The SMILES string of the molecule is CC(C)(C)OC(=O)N[C@@H](CCCCCC(=O)O)CO[Si](c1ccccc1)(c1ccccc1)C(C)(C)C. The van der Waals surface area contributed by atoms with Gasteiger partial charge in [-0.3, -0.25) is 4.79 Å². The summed E-state index contributed by atoms with van der Waals surface area (Å²) in [5.74, 6) is -0.784. The summed E-state index contributed by atoms with van der Waals surface area (Å²) in [5, 5.41) is 14.1. The summed E-state index contributed by atoms with van der Waals surface area (Å²) >= 11 is 0. The van der Waals surface area contributed by atoms with E-state index in [0.717, 1.165) is 12.8 Å². The Balaban J connectivity index is 2.33. The van der Waals surface area contributed by atoms with Crippen LogP contribution in [0.15, 0.2) is 60.7 Å². The van der Waals surface area contributed by atoms with Crippen molar-refractivity contribution in [2.75, 3.05) is 6.61 Å². The molecule has 2 N–H and O–H groups in total. The Bertz CT molecular complexity index is 912. The van der Waals surface area contributed by atoms with Crippen LogP contribution in [0.2, 0.25) is 5.04 Å². The molecule has 0 bridgehead atoms. The third-order valence-corrected chi connectivity index (χ3v) is 11.1. The number of rotatable bonds is 12. The first-order valence-electron chi connectivity index (χ1n) is 12.8. The fourth-order valence-corrected chi connectivity index (χ4v) is 9.11. The van der Waals surface area contributed by atoms with Gasteiger partial charge in [0.05, 0.1) is 12.6 Å². The van der Waals surface area contributed by atoms with Crippen molar-refractivity contribution in [3.05, 3.63) is 60.7 Å². The second kappa shape index (κ2) is 13.1. The van der Waals surface area contributed by atoms with E-state index in [1.165, 1.54) is 10.4 Å². The number of nitrogens with one attached hydrogen (secondary N) is 1. The Morgan fingerprint density at radius 3 is 1.83 bits per heavy atom. The number of carbonyl (C=O) groups is 2. The molecule has 36 heavy (non-hydrogen) atoms. The monoisotopic (exact) mass is 513 g/mol. The molecule has 2 aromatic carbocycles. The molecule has 0 fully saturated rings. The highest BCUT2D eigenvalue weighted by molar-refractivity contribution is 6.99. The quantitative estimate of drug-likeness (QED) is 0.290. The number of carboxylic acid groups (broad SMARTS) is 1. The van der Waals surface area contributed by atoms with Crippen LogP contribution in [0.3, 0.4) is 0 Å². The first-order valence-corrected chi connectivity index (χ1v) is 14.7. The molecule has 6 nitrogen and oxygen atoms in total. The van der Waals surface area contributed by atoms with Crippen LogP contribution >= 0.6 is 0 Å². The number of carboxylic acids is 1. The minimum atomic E-state index is -2.75. The summed E-state index contributed by atoms with van der Waals surface area (Å²) < 4.78 is 12.6. The fourth-order valence-electron chi connectivity index (χ4n) is 4.50. The standard InChI is InChI=1S/C29H43NO5Si/c1-28(2,3)35-27(33)30-23(16-10-7-15-21-26(31)32)22-34-36(29(4,5)6,24-17-11-8-12-18-24)25-19-13-9-14-20-25/h8-9,11-14,17-20,23H,7,10,15-16,21-22H2,1-6H3,(H,30,33)(H,31,32)/t23-/m0/s1.